The molecule has 0 fully saturated rings. The largest absolute Gasteiger partial charge is 0.463 e. The number of aromatic nitrogens is 2. The van der Waals surface area contributed by atoms with Crippen LogP contribution in [0.3, 0.4) is 0 Å². The fraction of sp³-hybridized carbons (Fsp3) is 0.211. The summed E-state index contributed by atoms with van der Waals surface area (Å²) in [4.78, 5) is 23.9. The zero-order valence-corrected chi connectivity index (χ0v) is 13.7. The molecule has 0 atom stereocenters. The summed E-state index contributed by atoms with van der Waals surface area (Å²) in [5, 5.41) is 7.00. The summed E-state index contributed by atoms with van der Waals surface area (Å²) in [5.41, 5.74) is 1.43. The maximum atomic E-state index is 12.0. The van der Waals surface area contributed by atoms with Gasteiger partial charge in [-0.15, -0.1) is 0 Å². The number of nitrogens with one attached hydrogen (secondary N) is 1. The third kappa shape index (κ3) is 4.67. The van der Waals surface area contributed by atoms with E-state index in [0.29, 0.717) is 18.0 Å². The van der Waals surface area contributed by atoms with Crippen molar-refractivity contribution in [3.63, 3.8) is 0 Å². The zero-order valence-electron chi connectivity index (χ0n) is 13.7. The number of carbonyl (C=O) groups is 1. The first-order valence-corrected chi connectivity index (χ1v) is 8.15. The van der Waals surface area contributed by atoms with Gasteiger partial charge in [0.2, 0.25) is 5.91 Å². The van der Waals surface area contributed by atoms with E-state index in [1.165, 1.54) is 17.9 Å². The Balaban J connectivity index is 1.52. The lowest BCUT2D eigenvalue weighted by molar-refractivity contribution is -0.121. The lowest BCUT2D eigenvalue weighted by Gasteiger charge is -2.07. The van der Waals surface area contributed by atoms with Gasteiger partial charge in [-0.2, -0.15) is 5.10 Å². The van der Waals surface area contributed by atoms with Crippen molar-refractivity contribution in [1.82, 2.24) is 15.1 Å². The van der Waals surface area contributed by atoms with E-state index in [0.717, 1.165) is 17.5 Å². The SMILES string of the molecule is O=C(Cn1nc(-c2ccco2)ccc1=O)NCCCc1ccccc1. The Morgan fingerprint density at radius 2 is 1.92 bits per heavy atom. The van der Waals surface area contributed by atoms with Gasteiger partial charge in [-0.3, -0.25) is 9.59 Å². The Bertz CT molecular complexity index is 870. The lowest BCUT2D eigenvalue weighted by atomic mass is 10.1. The third-order valence-electron chi connectivity index (χ3n) is 3.74. The van der Waals surface area contributed by atoms with Gasteiger partial charge >= 0.3 is 0 Å². The van der Waals surface area contributed by atoms with Crippen molar-refractivity contribution in [2.24, 2.45) is 0 Å². The van der Waals surface area contributed by atoms with E-state index in [9.17, 15) is 9.59 Å². The van der Waals surface area contributed by atoms with Gasteiger partial charge in [0.15, 0.2) is 5.76 Å². The summed E-state index contributed by atoms with van der Waals surface area (Å²) >= 11 is 0. The van der Waals surface area contributed by atoms with E-state index in [1.54, 1.807) is 18.2 Å². The molecule has 128 valence electrons. The molecule has 0 aliphatic heterocycles. The smallest absolute Gasteiger partial charge is 0.267 e. The Kier molecular flexibility index (Phi) is 5.41. The molecule has 0 unspecified atom stereocenters. The van der Waals surface area contributed by atoms with Crippen molar-refractivity contribution >= 4 is 5.91 Å². The van der Waals surface area contributed by atoms with Crippen LogP contribution in [0.15, 0.2) is 70.1 Å². The second-order valence-corrected chi connectivity index (χ2v) is 5.63. The van der Waals surface area contributed by atoms with Crippen LogP contribution in [0.1, 0.15) is 12.0 Å². The second-order valence-electron chi connectivity index (χ2n) is 5.63. The van der Waals surface area contributed by atoms with Gasteiger partial charge < -0.3 is 9.73 Å². The van der Waals surface area contributed by atoms with Gasteiger partial charge in [-0.05, 0) is 36.6 Å². The molecule has 6 heteroatoms. The summed E-state index contributed by atoms with van der Waals surface area (Å²) in [6.07, 6.45) is 3.27. The van der Waals surface area contributed by atoms with E-state index in [-0.39, 0.29) is 18.0 Å². The molecule has 2 heterocycles. The molecular weight excluding hydrogens is 318 g/mol. The highest BCUT2D eigenvalue weighted by molar-refractivity contribution is 5.75. The first-order chi connectivity index (χ1) is 12.2. The summed E-state index contributed by atoms with van der Waals surface area (Å²) in [7, 11) is 0. The fourth-order valence-corrected chi connectivity index (χ4v) is 2.47. The molecule has 0 saturated heterocycles. The van der Waals surface area contributed by atoms with Gasteiger partial charge in [0.1, 0.15) is 12.2 Å². The van der Waals surface area contributed by atoms with Crippen LogP contribution >= 0.6 is 0 Å². The van der Waals surface area contributed by atoms with Crippen LogP contribution in [0.25, 0.3) is 11.5 Å². The Morgan fingerprint density at radius 1 is 1.08 bits per heavy atom. The Morgan fingerprint density at radius 3 is 2.68 bits per heavy atom. The standard InChI is InChI=1S/C19H19N3O3/c23-18(20-12-4-8-15-6-2-1-3-7-15)14-22-19(24)11-10-16(21-22)17-9-5-13-25-17/h1-3,5-7,9-11,13H,4,8,12,14H2,(H,20,23). The molecule has 1 amide bonds. The predicted molar refractivity (Wildman–Crippen MR) is 94.0 cm³/mol. The number of carbonyl (C=O) groups excluding carboxylic acids is 1. The highest BCUT2D eigenvalue weighted by Gasteiger charge is 2.09. The molecule has 25 heavy (non-hydrogen) atoms. The van der Waals surface area contributed by atoms with E-state index in [1.807, 2.05) is 18.2 Å². The van der Waals surface area contributed by atoms with Gasteiger partial charge in [-0.1, -0.05) is 30.3 Å². The molecule has 0 aliphatic carbocycles. The molecule has 0 aliphatic rings. The van der Waals surface area contributed by atoms with Crippen LogP contribution < -0.4 is 10.9 Å². The molecule has 1 N–H and O–H groups in total. The average Bonchev–Trinajstić information content (AvgIpc) is 3.16. The number of nitrogens with zero attached hydrogens (tertiary/aromatic N) is 2. The topological polar surface area (TPSA) is 77.1 Å². The fourth-order valence-electron chi connectivity index (χ4n) is 2.47. The summed E-state index contributed by atoms with van der Waals surface area (Å²) in [6.45, 7) is 0.444. The van der Waals surface area contributed by atoms with E-state index in [2.05, 4.69) is 22.5 Å². The molecule has 0 spiro atoms. The van der Waals surface area contributed by atoms with Crippen LogP contribution in [-0.4, -0.2) is 22.2 Å². The maximum Gasteiger partial charge on any atom is 0.267 e. The monoisotopic (exact) mass is 337 g/mol. The second kappa shape index (κ2) is 8.10. The van der Waals surface area contributed by atoms with Gasteiger partial charge in [0.25, 0.3) is 5.56 Å². The molecular formula is C19H19N3O3. The lowest BCUT2D eigenvalue weighted by Crippen LogP contribution is -2.34. The number of benzene rings is 1. The molecule has 0 bridgehead atoms. The molecule has 6 nitrogen and oxygen atoms in total. The minimum Gasteiger partial charge on any atom is -0.463 e. The molecule has 0 saturated carbocycles. The molecule has 3 aromatic rings. The Hall–Kier alpha value is -3.15. The molecule has 0 radical (unpaired) electrons. The maximum absolute atomic E-state index is 12.0. The van der Waals surface area contributed by atoms with Gasteiger partial charge in [0, 0.05) is 12.6 Å². The zero-order chi connectivity index (χ0) is 17.5. The number of hydrogen-bond acceptors (Lipinski definition) is 4. The normalized spacial score (nSPS) is 10.6. The Labute approximate surface area is 145 Å². The number of amides is 1. The summed E-state index contributed by atoms with van der Waals surface area (Å²) < 4.78 is 6.41. The molecule has 3 rings (SSSR count). The number of aryl methyl sites for hydroxylation is 1. The molecule has 2 aromatic heterocycles. The van der Waals surface area contributed by atoms with Crippen molar-refractivity contribution in [2.75, 3.05) is 6.54 Å². The van der Waals surface area contributed by atoms with E-state index in [4.69, 9.17) is 4.42 Å². The number of hydrogen-bond donors (Lipinski definition) is 1. The minimum absolute atomic E-state index is 0.112. The van der Waals surface area contributed by atoms with Crippen LogP contribution in [-0.2, 0) is 17.8 Å². The van der Waals surface area contributed by atoms with E-state index >= 15 is 0 Å². The number of furan rings is 1. The van der Waals surface area contributed by atoms with Crippen LogP contribution in [0.2, 0.25) is 0 Å². The van der Waals surface area contributed by atoms with Crippen LogP contribution in [0.4, 0.5) is 0 Å². The minimum atomic E-state index is -0.324. The van der Waals surface area contributed by atoms with Crippen LogP contribution in [0, 0.1) is 0 Å². The van der Waals surface area contributed by atoms with Crippen molar-refractivity contribution in [3.05, 3.63) is 76.8 Å². The highest BCUT2D eigenvalue weighted by Crippen LogP contribution is 2.14. The van der Waals surface area contributed by atoms with Crippen molar-refractivity contribution in [3.8, 4) is 11.5 Å². The first-order valence-electron chi connectivity index (χ1n) is 8.15. The quantitative estimate of drug-likeness (QED) is 0.671. The predicted octanol–water partition coefficient (Wildman–Crippen LogP) is 2.25. The van der Waals surface area contributed by atoms with Crippen molar-refractivity contribution < 1.29 is 9.21 Å². The first kappa shape index (κ1) is 16.7. The van der Waals surface area contributed by atoms with Crippen molar-refractivity contribution in [2.45, 2.75) is 19.4 Å². The van der Waals surface area contributed by atoms with Gasteiger partial charge in [0.05, 0.1) is 6.26 Å². The number of rotatable bonds is 7. The van der Waals surface area contributed by atoms with Gasteiger partial charge in [-0.25, -0.2) is 4.68 Å². The van der Waals surface area contributed by atoms with E-state index < -0.39 is 0 Å². The summed E-state index contributed by atoms with van der Waals surface area (Å²) in [5.74, 6) is 0.316. The molecule has 1 aromatic carbocycles. The van der Waals surface area contributed by atoms with Crippen molar-refractivity contribution in [1.29, 1.82) is 0 Å². The average molecular weight is 337 g/mol. The highest BCUT2D eigenvalue weighted by atomic mass is 16.3. The summed E-state index contributed by atoms with van der Waals surface area (Å²) in [6, 6.07) is 16.6. The van der Waals surface area contributed by atoms with Crippen LogP contribution in [0.5, 0.6) is 0 Å². The third-order valence-corrected chi connectivity index (χ3v) is 3.74.